The molecule has 0 spiro atoms. The van der Waals surface area contributed by atoms with Crippen molar-refractivity contribution in [2.75, 3.05) is 0 Å². The summed E-state index contributed by atoms with van der Waals surface area (Å²) < 4.78 is 3.02. The van der Waals surface area contributed by atoms with Crippen LogP contribution in [0.1, 0.15) is 10.5 Å². The lowest BCUT2D eigenvalue weighted by atomic mass is 10.4. The van der Waals surface area contributed by atoms with Gasteiger partial charge in [0, 0.05) is 14.1 Å². The van der Waals surface area contributed by atoms with Gasteiger partial charge in [-0.2, -0.15) is 5.10 Å². The molecule has 5 nitrogen and oxygen atoms in total. The summed E-state index contributed by atoms with van der Waals surface area (Å²) in [6.45, 7) is 0. The van der Waals surface area contributed by atoms with Crippen LogP contribution >= 0.6 is 11.6 Å². The van der Waals surface area contributed by atoms with E-state index in [1.165, 1.54) is 15.3 Å². The minimum atomic E-state index is -0.982. The highest BCUT2D eigenvalue weighted by molar-refractivity contribution is 6.34. The number of halogens is 1. The van der Waals surface area contributed by atoms with E-state index < -0.39 is 5.97 Å². The number of carboxylic acids is 1. The first-order valence-electron chi connectivity index (χ1n) is 3.93. The molecule has 2 aromatic rings. The second-order valence-corrected chi connectivity index (χ2v) is 3.40. The molecule has 0 aromatic carbocycles. The summed E-state index contributed by atoms with van der Waals surface area (Å²) >= 11 is 5.93. The maximum atomic E-state index is 10.8. The van der Waals surface area contributed by atoms with E-state index in [0.717, 1.165) is 0 Å². The molecule has 0 bridgehead atoms. The third kappa shape index (κ3) is 1.02. The Labute approximate surface area is 84.5 Å². The topological polar surface area (TPSA) is 60.1 Å². The number of fused-ring (bicyclic) bond motifs is 1. The maximum Gasteiger partial charge on any atom is 0.352 e. The van der Waals surface area contributed by atoms with E-state index in [1.807, 2.05) is 0 Å². The van der Waals surface area contributed by atoms with Crippen LogP contribution in [0.15, 0.2) is 6.07 Å². The van der Waals surface area contributed by atoms with Crippen molar-refractivity contribution in [3.05, 3.63) is 16.9 Å². The number of nitrogens with zero attached hydrogens (tertiary/aromatic N) is 3. The van der Waals surface area contributed by atoms with Crippen molar-refractivity contribution in [1.29, 1.82) is 0 Å². The summed E-state index contributed by atoms with van der Waals surface area (Å²) in [5.41, 5.74) is 0.764. The number of hydrogen-bond acceptors (Lipinski definition) is 2. The predicted molar refractivity (Wildman–Crippen MR) is 51.7 cm³/mol. The lowest BCUT2D eigenvalue weighted by Gasteiger charge is -1.96. The standard InChI is InChI=1S/C8H8ClN3O2/c1-11-5(8(13)14)3-4-6(9)12(2)10-7(4)11/h3H,1-2H3,(H,13,14). The molecule has 2 aromatic heterocycles. The number of aromatic carboxylic acids is 1. The van der Waals surface area contributed by atoms with Gasteiger partial charge in [-0.05, 0) is 6.07 Å². The maximum absolute atomic E-state index is 10.8. The predicted octanol–water partition coefficient (Wildman–Crippen LogP) is 1.26. The average Bonchev–Trinajstić information content (AvgIpc) is 2.56. The number of carboxylic acid groups (broad SMARTS) is 1. The molecule has 1 N–H and O–H groups in total. The van der Waals surface area contributed by atoms with Crippen molar-refractivity contribution < 1.29 is 9.90 Å². The van der Waals surface area contributed by atoms with E-state index in [-0.39, 0.29) is 5.69 Å². The van der Waals surface area contributed by atoms with Crippen LogP contribution in [0.2, 0.25) is 5.15 Å². The van der Waals surface area contributed by atoms with Crippen LogP contribution in [-0.2, 0) is 14.1 Å². The van der Waals surface area contributed by atoms with Gasteiger partial charge in [-0.1, -0.05) is 11.6 Å². The van der Waals surface area contributed by atoms with Gasteiger partial charge >= 0.3 is 5.97 Å². The molecule has 2 heterocycles. The van der Waals surface area contributed by atoms with E-state index >= 15 is 0 Å². The lowest BCUT2D eigenvalue weighted by molar-refractivity contribution is 0.0687. The molecule has 74 valence electrons. The highest BCUT2D eigenvalue weighted by Crippen LogP contribution is 2.25. The van der Waals surface area contributed by atoms with Gasteiger partial charge in [-0.15, -0.1) is 0 Å². The molecule has 0 amide bonds. The third-order valence-electron chi connectivity index (χ3n) is 2.17. The highest BCUT2D eigenvalue weighted by Gasteiger charge is 2.17. The molecule has 2 rings (SSSR count). The third-order valence-corrected chi connectivity index (χ3v) is 2.62. The van der Waals surface area contributed by atoms with Crippen molar-refractivity contribution >= 4 is 28.6 Å². The molecule has 0 saturated carbocycles. The summed E-state index contributed by atoms with van der Waals surface area (Å²) in [5.74, 6) is -0.982. The molecule has 0 fully saturated rings. The minimum absolute atomic E-state index is 0.185. The molecule has 0 saturated heterocycles. The Hall–Kier alpha value is -1.49. The molecule has 0 atom stereocenters. The first-order chi connectivity index (χ1) is 6.52. The Balaban J connectivity index is 2.83. The van der Waals surface area contributed by atoms with E-state index in [2.05, 4.69) is 5.10 Å². The van der Waals surface area contributed by atoms with E-state index in [4.69, 9.17) is 16.7 Å². The van der Waals surface area contributed by atoms with Crippen LogP contribution in [0, 0.1) is 0 Å². The zero-order valence-electron chi connectivity index (χ0n) is 7.65. The zero-order chi connectivity index (χ0) is 10.5. The van der Waals surface area contributed by atoms with E-state index in [9.17, 15) is 4.79 Å². The van der Waals surface area contributed by atoms with Crippen LogP contribution < -0.4 is 0 Å². The van der Waals surface area contributed by atoms with Crippen molar-refractivity contribution in [2.24, 2.45) is 14.1 Å². The Morgan fingerprint density at radius 2 is 2.21 bits per heavy atom. The zero-order valence-corrected chi connectivity index (χ0v) is 8.41. The number of hydrogen-bond donors (Lipinski definition) is 1. The second-order valence-electron chi connectivity index (χ2n) is 3.05. The highest BCUT2D eigenvalue weighted by atomic mass is 35.5. The van der Waals surface area contributed by atoms with E-state index in [0.29, 0.717) is 16.2 Å². The summed E-state index contributed by atoms with van der Waals surface area (Å²) in [7, 11) is 3.36. The van der Waals surface area contributed by atoms with Gasteiger partial charge < -0.3 is 9.67 Å². The molecule has 6 heteroatoms. The van der Waals surface area contributed by atoms with Crippen molar-refractivity contribution in [1.82, 2.24) is 14.3 Å². The smallest absolute Gasteiger partial charge is 0.352 e. The number of rotatable bonds is 1. The van der Waals surface area contributed by atoms with Crippen molar-refractivity contribution in [3.8, 4) is 0 Å². The first kappa shape index (κ1) is 9.08. The van der Waals surface area contributed by atoms with Crippen LogP contribution in [0.5, 0.6) is 0 Å². The molecular weight excluding hydrogens is 206 g/mol. The van der Waals surface area contributed by atoms with Gasteiger partial charge in [0.1, 0.15) is 10.8 Å². The molecule has 0 aliphatic rings. The van der Waals surface area contributed by atoms with Crippen LogP contribution in [-0.4, -0.2) is 25.4 Å². The van der Waals surface area contributed by atoms with Gasteiger partial charge in [0.15, 0.2) is 5.65 Å². The average molecular weight is 214 g/mol. The Bertz CT molecular complexity index is 526. The van der Waals surface area contributed by atoms with Crippen LogP contribution in [0.4, 0.5) is 0 Å². The van der Waals surface area contributed by atoms with Crippen molar-refractivity contribution in [2.45, 2.75) is 0 Å². The molecule has 0 aliphatic heterocycles. The minimum Gasteiger partial charge on any atom is -0.477 e. The lowest BCUT2D eigenvalue weighted by Crippen LogP contribution is -2.05. The number of aryl methyl sites for hydroxylation is 2. The first-order valence-corrected chi connectivity index (χ1v) is 4.31. The van der Waals surface area contributed by atoms with Crippen LogP contribution in [0.3, 0.4) is 0 Å². The monoisotopic (exact) mass is 213 g/mol. The van der Waals surface area contributed by atoms with E-state index in [1.54, 1.807) is 14.1 Å². The fourth-order valence-electron chi connectivity index (χ4n) is 1.43. The normalized spacial score (nSPS) is 11.1. The van der Waals surface area contributed by atoms with Gasteiger partial charge in [-0.25, -0.2) is 4.79 Å². The fraction of sp³-hybridized carbons (Fsp3) is 0.250. The SMILES string of the molecule is Cn1nc2c(cc(C(=O)O)n2C)c1Cl. The quantitative estimate of drug-likeness (QED) is 0.776. The van der Waals surface area contributed by atoms with Gasteiger partial charge in [0.25, 0.3) is 0 Å². The van der Waals surface area contributed by atoms with Gasteiger partial charge in [0.2, 0.25) is 0 Å². The van der Waals surface area contributed by atoms with Gasteiger partial charge in [0.05, 0.1) is 5.39 Å². The molecule has 0 unspecified atom stereocenters. The van der Waals surface area contributed by atoms with Crippen molar-refractivity contribution in [3.63, 3.8) is 0 Å². The van der Waals surface area contributed by atoms with Crippen LogP contribution in [0.25, 0.3) is 11.0 Å². The van der Waals surface area contributed by atoms with Gasteiger partial charge in [-0.3, -0.25) is 4.68 Å². The fourth-order valence-corrected chi connectivity index (χ4v) is 1.61. The molecule has 0 radical (unpaired) electrons. The molecular formula is C8H8ClN3O2. The largest absolute Gasteiger partial charge is 0.477 e. The summed E-state index contributed by atoms with van der Waals surface area (Å²) in [6, 6.07) is 1.52. The molecule has 14 heavy (non-hydrogen) atoms. The second kappa shape index (κ2) is 2.75. The Kier molecular flexibility index (Phi) is 1.78. The summed E-state index contributed by atoms with van der Waals surface area (Å²) in [6.07, 6.45) is 0. The Morgan fingerprint density at radius 3 is 2.71 bits per heavy atom. The summed E-state index contributed by atoms with van der Waals surface area (Å²) in [5, 5.41) is 14.1. The Morgan fingerprint density at radius 1 is 1.57 bits per heavy atom. The number of carbonyl (C=O) groups is 1. The molecule has 0 aliphatic carbocycles. The number of aromatic nitrogens is 3. The summed E-state index contributed by atoms with van der Waals surface area (Å²) in [4.78, 5) is 10.8.